The molecule has 1 aliphatic rings. The van der Waals surface area contributed by atoms with Crippen LogP contribution in [0, 0.1) is 0 Å². The van der Waals surface area contributed by atoms with Crippen molar-refractivity contribution < 1.29 is 4.42 Å². The number of hydrogen-bond acceptors (Lipinski definition) is 2. The monoisotopic (exact) mass is 521 g/mol. The third-order valence-corrected chi connectivity index (χ3v) is 8.91. The minimum Gasteiger partial charge on any atom is -0.455 e. The lowest BCUT2D eigenvalue weighted by Gasteiger charge is -2.21. The van der Waals surface area contributed by atoms with Crippen LogP contribution in [0.2, 0.25) is 0 Å². The second-order valence-electron chi connectivity index (χ2n) is 12.7. The molecule has 0 atom stereocenters. The molecule has 2 aromatic heterocycles. The Balaban J connectivity index is 1.47. The SMILES string of the molecule is CCc1ccc(-c2cc(C(C)(C)C)ccn2)c2oc3c(-c4ccc5c(c4)-c4ccccc4C5(C)C)cccc3c12. The summed E-state index contributed by atoms with van der Waals surface area (Å²) in [6.07, 6.45) is 2.86. The Kier molecular flexibility index (Phi) is 5.38. The molecule has 2 nitrogen and oxygen atoms in total. The van der Waals surface area contributed by atoms with Crippen LogP contribution in [0.1, 0.15) is 63.8 Å². The van der Waals surface area contributed by atoms with Crippen molar-refractivity contribution in [1.29, 1.82) is 0 Å². The molecule has 4 aromatic carbocycles. The van der Waals surface area contributed by atoms with Gasteiger partial charge in [-0.05, 0) is 75.0 Å². The van der Waals surface area contributed by atoms with Crippen LogP contribution in [-0.4, -0.2) is 4.98 Å². The van der Waals surface area contributed by atoms with E-state index in [1.807, 2.05) is 6.20 Å². The van der Waals surface area contributed by atoms with Gasteiger partial charge in [0, 0.05) is 33.5 Å². The lowest BCUT2D eigenvalue weighted by molar-refractivity contribution is 0.589. The fraction of sp³-hybridized carbons (Fsp3) is 0.237. The number of aryl methyl sites for hydroxylation is 1. The molecule has 0 fully saturated rings. The Morgan fingerprint density at radius 3 is 2.30 bits per heavy atom. The van der Waals surface area contributed by atoms with Gasteiger partial charge in [0.2, 0.25) is 0 Å². The number of hydrogen-bond donors (Lipinski definition) is 0. The van der Waals surface area contributed by atoms with Gasteiger partial charge in [-0.2, -0.15) is 0 Å². The molecular weight excluding hydrogens is 486 g/mol. The van der Waals surface area contributed by atoms with Crippen molar-refractivity contribution in [1.82, 2.24) is 4.98 Å². The van der Waals surface area contributed by atoms with Crippen LogP contribution < -0.4 is 0 Å². The Morgan fingerprint density at radius 2 is 1.50 bits per heavy atom. The van der Waals surface area contributed by atoms with Crippen LogP contribution in [0.5, 0.6) is 0 Å². The number of benzene rings is 4. The minimum absolute atomic E-state index is 0.00461. The van der Waals surface area contributed by atoms with Gasteiger partial charge in [0.25, 0.3) is 0 Å². The van der Waals surface area contributed by atoms with Gasteiger partial charge in [0.1, 0.15) is 11.2 Å². The van der Waals surface area contributed by atoms with Gasteiger partial charge >= 0.3 is 0 Å². The molecule has 2 heteroatoms. The Labute approximate surface area is 236 Å². The molecule has 0 N–H and O–H groups in total. The van der Waals surface area contributed by atoms with Crippen LogP contribution >= 0.6 is 0 Å². The van der Waals surface area contributed by atoms with E-state index in [1.54, 1.807) is 0 Å². The summed E-state index contributed by atoms with van der Waals surface area (Å²) in [5.41, 5.74) is 14.2. The first kappa shape index (κ1) is 24.8. The first-order valence-electron chi connectivity index (χ1n) is 14.4. The summed E-state index contributed by atoms with van der Waals surface area (Å²) in [7, 11) is 0. The molecule has 1 aliphatic carbocycles. The van der Waals surface area contributed by atoms with Gasteiger partial charge in [0.15, 0.2) is 0 Å². The molecule has 2 heterocycles. The van der Waals surface area contributed by atoms with E-state index in [0.29, 0.717) is 0 Å². The van der Waals surface area contributed by atoms with E-state index in [9.17, 15) is 0 Å². The number of para-hydroxylation sites is 1. The van der Waals surface area contributed by atoms with E-state index in [0.717, 1.165) is 34.4 Å². The van der Waals surface area contributed by atoms with Crippen LogP contribution in [0.3, 0.4) is 0 Å². The molecule has 0 amide bonds. The van der Waals surface area contributed by atoms with Gasteiger partial charge < -0.3 is 4.42 Å². The Bertz CT molecular complexity index is 1950. The van der Waals surface area contributed by atoms with Crippen molar-refractivity contribution >= 4 is 21.9 Å². The van der Waals surface area contributed by atoms with Gasteiger partial charge in [-0.1, -0.05) is 102 Å². The van der Waals surface area contributed by atoms with E-state index in [1.165, 1.54) is 49.7 Å². The molecule has 0 radical (unpaired) electrons. The Morgan fingerprint density at radius 1 is 0.725 bits per heavy atom. The summed E-state index contributed by atoms with van der Waals surface area (Å²) in [5.74, 6) is 0. The van der Waals surface area contributed by atoms with Gasteiger partial charge in [0.05, 0.1) is 5.69 Å². The molecule has 0 saturated carbocycles. The summed E-state index contributed by atoms with van der Waals surface area (Å²) >= 11 is 0. The van der Waals surface area contributed by atoms with Crippen molar-refractivity contribution in [2.45, 2.75) is 58.8 Å². The van der Waals surface area contributed by atoms with Gasteiger partial charge in [-0.3, -0.25) is 4.98 Å². The summed E-state index contributed by atoms with van der Waals surface area (Å²) in [6.45, 7) is 13.6. The molecule has 198 valence electrons. The smallest absolute Gasteiger partial charge is 0.145 e. The molecule has 0 saturated heterocycles. The maximum absolute atomic E-state index is 6.88. The van der Waals surface area contributed by atoms with E-state index < -0.39 is 0 Å². The fourth-order valence-electron chi connectivity index (χ4n) is 6.63. The minimum atomic E-state index is -0.00461. The van der Waals surface area contributed by atoms with Crippen LogP contribution in [0.15, 0.2) is 95.5 Å². The highest BCUT2D eigenvalue weighted by Gasteiger charge is 2.35. The second-order valence-corrected chi connectivity index (χ2v) is 12.7. The van der Waals surface area contributed by atoms with Crippen molar-refractivity contribution in [2.75, 3.05) is 0 Å². The van der Waals surface area contributed by atoms with Crippen LogP contribution in [0.4, 0.5) is 0 Å². The number of furan rings is 1. The fourth-order valence-corrected chi connectivity index (χ4v) is 6.63. The first-order valence-corrected chi connectivity index (χ1v) is 14.4. The second kappa shape index (κ2) is 8.66. The lowest BCUT2D eigenvalue weighted by atomic mass is 9.82. The largest absolute Gasteiger partial charge is 0.455 e. The topological polar surface area (TPSA) is 26.0 Å². The summed E-state index contributed by atoms with van der Waals surface area (Å²) < 4.78 is 6.88. The van der Waals surface area contributed by atoms with Crippen LogP contribution in [-0.2, 0) is 17.3 Å². The summed E-state index contributed by atoms with van der Waals surface area (Å²) in [5, 5.41) is 2.37. The molecule has 0 bridgehead atoms. The quantitative estimate of drug-likeness (QED) is 0.231. The van der Waals surface area contributed by atoms with Crippen LogP contribution in [0.25, 0.3) is 55.4 Å². The maximum Gasteiger partial charge on any atom is 0.145 e. The third kappa shape index (κ3) is 3.59. The zero-order valence-electron chi connectivity index (χ0n) is 24.2. The average Bonchev–Trinajstić information content (AvgIpc) is 3.45. The number of aromatic nitrogens is 1. The van der Waals surface area contributed by atoms with Crippen molar-refractivity contribution in [2.24, 2.45) is 0 Å². The van der Waals surface area contributed by atoms with Crippen molar-refractivity contribution in [3.05, 3.63) is 113 Å². The molecule has 40 heavy (non-hydrogen) atoms. The normalized spacial score (nSPS) is 14.1. The molecule has 0 unspecified atom stereocenters. The highest BCUT2D eigenvalue weighted by atomic mass is 16.3. The highest BCUT2D eigenvalue weighted by molar-refractivity contribution is 6.14. The molecule has 7 rings (SSSR count). The molecule has 0 aliphatic heterocycles. The zero-order chi connectivity index (χ0) is 27.8. The number of pyridine rings is 1. The van der Waals surface area contributed by atoms with E-state index in [-0.39, 0.29) is 10.8 Å². The predicted molar refractivity (Wildman–Crippen MR) is 168 cm³/mol. The van der Waals surface area contributed by atoms with Crippen molar-refractivity contribution in [3.63, 3.8) is 0 Å². The van der Waals surface area contributed by atoms with E-state index in [2.05, 4.69) is 126 Å². The predicted octanol–water partition coefficient (Wildman–Crippen LogP) is 10.5. The first-order chi connectivity index (χ1) is 19.2. The summed E-state index contributed by atoms with van der Waals surface area (Å²) in [4.78, 5) is 4.79. The standard InChI is InChI=1S/C38H35NO/c1-7-23-15-17-28(33-22-25(19-20-39-33)37(2,3)4)36-34(23)29-13-10-12-26(35(29)40-36)24-16-18-32-30(21-24)27-11-8-9-14-31(27)38(32,5)6/h8-22H,7H2,1-6H3. The van der Waals surface area contributed by atoms with Gasteiger partial charge in [-0.15, -0.1) is 0 Å². The van der Waals surface area contributed by atoms with Crippen molar-refractivity contribution in [3.8, 4) is 33.5 Å². The lowest BCUT2D eigenvalue weighted by Crippen LogP contribution is -2.14. The zero-order valence-corrected chi connectivity index (χ0v) is 24.2. The summed E-state index contributed by atoms with van der Waals surface area (Å²) in [6, 6.07) is 31.1. The highest BCUT2D eigenvalue weighted by Crippen LogP contribution is 2.50. The Hall–Kier alpha value is -4.17. The average molecular weight is 522 g/mol. The molecule has 6 aromatic rings. The van der Waals surface area contributed by atoms with Gasteiger partial charge in [-0.25, -0.2) is 0 Å². The number of nitrogens with zero attached hydrogens (tertiary/aromatic N) is 1. The van der Waals surface area contributed by atoms with E-state index >= 15 is 0 Å². The molecular formula is C38H35NO. The number of rotatable bonds is 3. The molecule has 0 spiro atoms. The third-order valence-electron chi connectivity index (χ3n) is 8.91. The maximum atomic E-state index is 6.88. The van der Waals surface area contributed by atoms with E-state index in [4.69, 9.17) is 9.40 Å². The number of fused-ring (bicyclic) bond motifs is 6.